The fourth-order valence-electron chi connectivity index (χ4n) is 4.56. The Labute approximate surface area is 209 Å². The molecule has 34 heavy (non-hydrogen) atoms. The van der Waals surface area contributed by atoms with Crippen molar-refractivity contribution in [1.29, 1.82) is 0 Å². The third kappa shape index (κ3) is 9.12. The van der Waals surface area contributed by atoms with E-state index >= 15 is 0 Å². The third-order valence-corrected chi connectivity index (χ3v) is 5.85. The van der Waals surface area contributed by atoms with Gasteiger partial charge in [0, 0.05) is 37.1 Å². The van der Waals surface area contributed by atoms with Crippen LogP contribution in [0, 0.1) is 0 Å². The van der Waals surface area contributed by atoms with Crippen molar-refractivity contribution in [2.75, 3.05) is 26.4 Å². The lowest BCUT2D eigenvalue weighted by molar-refractivity contribution is -0.362. The minimum absolute atomic E-state index is 0.189. The van der Waals surface area contributed by atoms with Gasteiger partial charge in [-0.3, -0.25) is 4.84 Å². The Kier molecular flexibility index (Phi) is 12.5. The van der Waals surface area contributed by atoms with E-state index < -0.39 is 5.79 Å². The number of hydrogen-bond donors (Lipinski definition) is 0. The molecule has 198 valence electrons. The van der Waals surface area contributed by atoms with Crippen LogP contribution in [0.5, 0.6) is 0 Å². The second-order valence-electron chi connectivity index (χ2n) is 10.1. The van der Waals surface area contributed by atoms with Crippen molar-refractivity contribution < 1.29 is 23.8 Å². The Morgan fingerprint density at radius 3 is 2.15 bits per heavy atom. The molecular weight excluding hydrogens is 430 g/mol. The number of hydroxylamine groups is 2. The number of piperidine rings is 1. The summed E-state index contributed by atoms with van der Waals surface area (Å²) in [5.41, 5.74) is 0.307. The molecule has 0 aromatic heterocycles. The van der Waals surface area contributed by atoms with E-state index in [-0.39, 0.29) is 23.3 Å². The third-order valence-electron chi connectivity index (χ3n) is 5.85. The first-order valence-electron chi connectivity index (χ1n) is 13.0. The standard InChI is InChI=1S/C26H45NO5.C2H6/c1-10-15-31-26(30-12-3)18-24(6,7)27(25(8,9)19-26)32-21(5)20(4)13-14-22(11-2)28-16-23-17-29-23;1-2/h11,13-14,21,23H,4,10,12,15-19H2,1-3,5-9H3;1-2H3/b14-13-,22-11+;. The van der Waals surface area contributed by atoms with Crippen molar-refractivity contribution in [2.24, 2.45) is 0 Å². The van der Waals surface area contributed by atoms with Crippen LogP contribution in [-0.4, -0.2) is 60.6 Å². The average molecular weight is 482 g/mol. The van der Waals surface area contributed by atoms with Gasteiger partial charge < -0.3 is 18.9 Å². The molecule has 2 fully saturated rings. The predicted molar refractivity (Wildman–Crippen MR) is 139 cm³/mol. The molecule has 0 aliphatic carbocycles. The molecule has 2 heterocycles. The highest BCUT2D eigenvalue weighted by atomic mass is 16.7. The van der Waals surface area contributed by atoms with Crippen molar-refractivity contribution in [1.82, 2.24) is 5.06 Å². The summed E-state index contributed by atoms with van der Waals surface area (Å²) in [6.45, 7) is 27.8. The number of ether oxygens (including phenoxy) is 4. The Morgan fingerprint density at radius 1 is 1.09 bits per heavy atom. The van der Waals surface area contributed by atoms with Crippen molar-refractivity contribution in [3.05, 3.63) is 36.1 Å². The zero-order chi connectivity index (χ0) is 26.0. The van der Waals surface area contributed by atoms with E-state index in [1.165, 1.54) is 0 Å². The van der Waals surface area contributed by atoms with Gasteiger partial charge in [0.05, 0.1) is 6.61 Å². The number of allylic oxidation sites excluding steroid dienone is 2. The fourth-order valence-corrected chi connectivity index (χ4v) is 4.56. The number of epoxide rings is 1. The van der Waals surface area contributed by atoms with E-state index in [0.29, 0.717) is 19.8 Å². The molecule has 2 aliphatic heterocycles. The highest BCUT2D eigenvalue weighted by Crippen LogP contribution is 2.46. The molecule has 0 amide bonds. The van der Waals surface area contributed by atoms with Gasteiger partial charge >= 0.3 is 0 Å². The van der Waals surface area contributed by atoms with Crippen LogP contribution in [0.3, 0.4) is 0 Å². The highest BCUT2D eigenvalue weighted by molar-refractivity contribution is 5.25. The normalized spacial score (nSPS) is 24.3. The van der Waals surface area contributed by atoms with E-state index in [0.717, 1.165) is 37.2 Å². The topological polar surface area (TPSA) is 52.7 Å². The molecule has 2 aliphatic rings. The van der Waals surface area contributed by atoms with Crippen LogP contribution in [0.4, 0.5) is 0 Å². The predicted octanol–water partition coefficient (Wildman–Crippen LogP) is 6.58. The lowest BCUT2D eigenvalue weighted by Gasteiger charge is -2.58. The highest BCUT2D eigenvalue weighted by Gasteiger charge is 2.55. The molecule has 0 saturated carbocycles. The number of rotatable bonds is 13. The molecule has 2 saturated heterocycles. The molecule has 2 atom stereocenters. The molecule has 6 heteroatoms. The quantitative estimate of drug-likeness (QED) is 0.128. The second-order valence-corrected chi connectivity index (χ2v) is 10.1. The van der Waals surface area contributed by atoms with Crippen LogP contribution in [0.25, 0.3) is 0 Å². The lowest BCUT2D eigenvalue weighted by atomic mass is 9.77. The average Bonchev–Trinajstić information content (AvgIpc) is 3.60. The minimum Gasteiger partial charge on any atom is -0.491 e. The van der Waals surface area contributed by atoms with E-state index in [1.54, 1.807) is 0 Å². The Bertz CT molecular complexity index is 660. The van der Waals surface area contributed by atoms with Crippen LogP contribution in [0.15, 0.2) is 36.1 Å². The smallest absolute Gasteiger partial charge is 0.171 e. The second kappa shape index (κ2) is 13.8. The largest absolute Gasteiger partial charge is 0.491 e. The number of nitrogens with zero attached hydrogens (tertiary/aromatic N) is 1. The summed E-state index contributed by atoms with van der Waals surface area (Å²) in [7, 11) is 0. The van der Waals surface area contributed by atoms with Crippen LogP contribution >= 0.6 is 0 Å². The van der Waals surface area contributed by atoms with E-state index in [9.17, 15) is 0 Å². The van der Waals surface area contributed by atoms with Gasteiger partial charge in [-0.1, -0.05) is 33.4 Å². The summed E-state index contributed by atoms with van der Waals surface area (Å²) < 4.78 is 23.5. The van der Waals surface area contributed by atoms with Gasteiger partial charge in [-0.25, -0.2) is 0 Å². The van der Waals surface area contributed by atoms with E-state index in [2.05, 4.69) is 46.3 Å². The minimum atomic E-state index is -0.596. The molecule has 0 bridgehead atoms. The summed E-state index contributed by atoms with van der Waals surface area (Å²) in [6.07, 6.45) is 8.31. The van der Waals surface area contributed by atoms with Crippen molar-refractivity contribution in [3.8, 4) is 0 Å². The Balaban J connectivity index is 0.00000281. The van der Waals surface area contributed by atoms with Crippen LogP contribution in [0.2, 0.25) is 0 Å². The molecule has 0 N–H and O–H groups in total. The molecule has 0 aromatic rings. The van der Waals surface area contributed by atoms with E-state index in [4.69, 9.17) is 23.8 Å². The van der Waals surface area contributed by atoms with Gasteiger partial charge in [-0.15, -0.1) is 0 Å². The molecule has 0 radical (unpaired) electrons. The van der Waals surface area contributed by atoms with Crippen LogP contribution < -0.4 is 0 Å². The Morgan fingerprint density at radius 2 is 1.68 bits per heavy atom. The van der Waals surface area contributed by atoms with Crippen molar-refractivity contribution >= 4 is 0 Å². The van der Waals surface area contributed by atoms with Gasteiger partial charge in [0.2, 0.25) is 0 Å². The molecule has 0 aromatic carbocycles. The Hall–Kier alpha value is -1.18. The van der Waals surface area contributed by atoms with E-state index in [1.807, 2.05) is 52.8 Å². The first-order valence-corrected chi connectivity index (χ1v) is 13.0. The van der Waals surface area contributed by atoms with Gasteiger partial charge in [0.1, 0.15) is 24.6 Å². The van der Waals surface area contributed by atoms with Crippen LogP contribution in [-0.2, 0) is 23.8 Å². The summed E-state index contributed by atoms with van der Waals surface area (Å²) in [4.78, 5) is 6.52. The molecule has 2 unspecified atom stereocenters. The maximum absolute atomic E-state index is 6.52. The first kappa shape index (κ1) is 30.9. The maximum atomic E-state index is 6.52. The molecule has 6 nitrogen and oxygen atoms in total. The van der Waals surface area contributed by atoms with Gasteiger partial charge in [-0.05, 0) is 72.6 Å². The molecular formula is C28H51NO5. The number of hydrogen-bond acceptors (Lipinski definition) is 6. The summed E-state index contributed by atoms with van der Waals surface area (Å²) in [5, 5.41) is 2.12. The molecule has 0 spiro atoms. The fraction of sp³-hybridized carbons (Fsp3) is 0.786. The first-order chi connectivity index (χ1) is 16.0. The monoisotopic (exact) mass is 481 g/mol. The van der Waals surface area contributed by atoms with Crippen LogP contribution in [0.1, 0.15) is 88.5 Å². The maximum Gasteiger partial charge on any atom is 0.171 e. The molecule has 2 rings (SSSR count). The van der Waals surface area contributed by atoms with Crippen molar-refractivity contribution in [3.63, 3.8) is 0 Å². The summed E-state index contributed by atoms with van der Waals surface area (Å²) >= 11 is 0. The summed E-state index contributed by atoms with van der Waals surface area (Å²) in [6, 6.07) is 0. The van der Waals surface area contributed by atoms with Gasteiger partial charge in [0.15, 0.2) is 5.79 Å². The summed E-state index contributed by atoms with van der Waals surface area (Å²) in [5.74, 6) is 0.211. The van der Waals surface area contributed by atoms with Gasteiger partial charge in [-0.2, -0.15) is 5.06 Å². The van der Waals surface area contributed by atoms with Crippen molar-refractivity contribution in [2.45, 2.75) is 118 Å². The van der Waals surface area contributed by atoms with Gasteiger partial charge in [0.25, 0.3) is 0 Å². The zero-order valence-corrected chi connectivity index (χ0v) is 23.5. The lowest BCUT2D eigenvalue weighted by Crippen LogP contribution is -2.67. The SMILES string of the molecule is C=C(/C=C\C(=C/C)OCC1CO1)C(C)ON1C(C)(C)CC(OCC)(OCCC)CC1(C)C.CC. The zero-order valence-electron chi connectivity index (χ0n) is 23.5.